The van der Waals surface area contributed by atoms with Gasteiger partial charge < -0.3 is 10.6 Å². The molecule has 0 radical (unpaired) electrons. The minimum atomic E-state index is -0.0618. The largest absolute Gasteiger partial charge is 0.342 e. The van der Waals surface area contributed by atoms with Crippen LogP contribution in [0.25, 0.3) is 0 Å². The molecule has 0 aliphatic heterocycles. The molecule has 0 heterocycles. The maximum absolute atomic E-state index is 12.3. The molecule has 0 aromatic carbocycles. The highest BCUT2D eigenvalue weighted by molar-refractivity contribution is 5.85. The van der Waals surface area contributed by atoms with Gasteiger partial charge in [-0.1, -0.05) is 46.5 Å². The van der Waals surface area contributed by atoms with Crippen LogP contribution in [0.15, 0.2) is 0 Å². The van der Waals surface area contributed by atoms with Gasteiger partial charge in [0.15, 0.2) is 0 Å². The highest BCUT2D eigenvalue weighted by Gasteiger charge is 2.22. The Morgan fingerprint density at radius 1 is 1.00 bits per heavy atom. The quantitative estimate of drug-likeness (QED) is 0.625. The summed E-state index contributed by atoms with van der Waals surface area (Å²) in [6, 6.07) is -0.0580. The Hall–Kier alpha value is -0.280. The molecule has 116 valence electrons. The molecule has 0 aliphatic carbocycles. The summed E-state index contributed by atoms with van der Waals surface area (Å²) in [5, 5.41) is 0. The Balaban J connectivity index is 0. The Bertz CT molecular complexity index is 212. The maximum Gasteiger partial charge on any atom is 0.226 e. The van der Waals surface area contributed by atoms with Crippen molar-refractivity contribution >= 4 is 18.3 Å². The number of carbonyl (C=O) groups excluding carboxylic acids is 1. The van der Waals surface area contributed by atoms with Gasteiger partial charge in [0.25, 0.3) is 0 Å². The van der Waals surface area contributed by atoms with Gasteiger partial charge in [-0.15, -0.1) is 12.4 Å². The van der Waals surface area contributed by atoms with Gasteiger partial charge in [-0.25, -0.2) is 0 Å². The van der Waals surface area contributed by atoms with Crippen LogP contribution >= 0.6 is 12.4 Å². The Kier molecular flexibility index (Phi) is 14.1. The number of halogens is 1. The third-order valence-corrected chi connectivity index (χ3v) is 3.55. The Labute approximate surface area is 125 Å². The normalized spacial score (nSPS) is 13.5. The predicted molar refractivity (Wildman–Crippen MR) is 85.7 cm³/mol. The number of nitrogens with two attached hydrogens (primary N) is 1. The zero-order valence-electron chi connectivity index (χ0n) is 13.2. The maximum atomic E-state index is 12.3. The van der Waals surface area contributed by atoms with Gasteiger partial charge in [0.1, 0.15) is 0 Å². The molecule has 0 saturated carbocycles. The predicted octanol–water partition coefficient (Wildman–Crippen LogP) is 3.60. The molecule has 0 rings (SSSR count). The van der Waals surface area contributed by atoms with Crippen LogP contribution in [-0.2, 0) is 4.79 Å². The van der Waals surface area contributed by atoms with Gasteiger partial charge in [-0.05, 0) is 19.8 Å². The molecule has 19 heavy (non-hydrogen) atoms. The van der Waals surface area contributed by atoms with E-state index >= 15 is 0 Å². The van der Waals surface area contributed by atoms with Crippen molar-refractivity contribution in [2.75, 3.05) is 13.1 Å². The average molecular weight is 293 g/mol. The summed E-state index contributed by atoms with van der Waals surface area (Å²) in [5.41, 5.74) is 5.84. The van der Waals surface area contributed by atoms with Gasteiger partial charge in [-0.2, -0.15) is 0 Å². The SMILES string of the molecule is CCCCCN(CCCCC)C(=O)C(C)C(C)N.Cl. The fraction of sp³-hybridized carbons (Fsp3) is 0.933. The molecule has 0 spiro atoms. The number of hydrogen-bond acceptors (Lipinski definition) is 2. The third-order valence-electron chi connectivity index (χ3n) is 3.55. The smallest absolute Gasteiger partial charge is 0.226 e. The molecule has 0 bridgehead atoms. The van der Waals surface area contributed by atoms with Crippen molar-refractivity contribution in [2.45, 2.75) is 72.3 Å². The second-order valence-corrected chi connectivity index (χ2v) is 5.39. The van der Waals surface area contributed by atoms with E-state index in [1.54, 1.807) is 0 Å². The highest BCUT2D eigenvalue weighted by atomic mass is 35.5. The van der Waals surface area contributed by atoms with E-state index in [9.17, 15) is 4.79 Å². The molecule has 2 unspecified atom stereocenters. The first-order chi connectivity index (χ1) is 8.54. The van der Waals surface area contributed by atoms with Crippen LogP contribution in [0.5, 0.6) is 0 Å². The standard InChI is InChI=1S/C15H32N2O.ClH/c1-5-7-9-11-17(12-10-8-6-2)15(18)13(3)14(4)16;/h13-14H,5-12,16H2,1-4H3;1H. The highest BCUT2D eigenvalue weighted by Crippen LogP contribution is 2.10. The van der Waals surface area contributed by atoms with Gasteiger partial charge in [0.2, 0.25) is 5.91 Å². The number of amides is 1. The second-order valence-electron chi connectivity index (χ2n) is 5.39. The third kappa shape index (κ3) is 9.28. The van der Waals surface area contributed by atoms with Gasteiger partial charge in [0, 0.05) is 19.1 Å². The molecule has 3 nitrogen and oxygen atoms in total. The van der Waals surface area contributed by atoms with E-state index < -0.39 is 0 Å². The van der Waals surface area contributed by atoms with E-state index in [0.717, 1.165) is 25.9 Å². The lowest BCUT2D eigenvalue weighted by Gasteiger charge is -2.27. The lowest BCUT2D eigenvalue weighted by Crippen LogP contribution is -2.42. The summed E-state index contributed by atoms with van der Waals surface area (Å²) < 4.78 is 0. The Morgan fingerprint density at radius 2 is 1.42 bits per heavy atom. The van der Waals surface area contributed by atoms with E-state index in [0.29, 0.717) is 0 Å². The summed E-state index contributed by atoms with van der Waals surface area (Å²) in [5.74, 6) is 0.172. The van der Waals surface area contributed by atoms with Crippen LogP contribution in [0.2, 0.25) is 0 Å². The monoisotopic (exact) mass is 292 g/mol. The summed E-state index contributed by atoms with van der Waals surface area (Å²) in [6.45, 7) is 10.0. The summed E-state index contributed by atoms with van der Waals surface area (Å²) >= 11 is 0. The topological polar surface area (TPSA) is 46.3 Å². The van der Waals surface area contributed by atoms with Crippen LogP contribution in [0.4, 0.5) is 0 Å². The van der Waals surface area contributed by atoms with Crippen molar-refractivity contribution in [1.82, 2.24) is 4.90 Å². The Morgan fingerprint density at radius 3 is 1.74 bits per heavy atom. The van der Waals surface area contributed by atoms with Crippen molar-refractivity contribution in [3.63, 3.8) is 0 Å². The lowest BCUT2D eigenvalue weighted by atomic mass is 10.0. The summed E-state index contributed by atoms with van der Waals surface area (Å²) in [4.78, 5) is 14.3. The minimum Gasteiger partial charge on any atom is -0.342 e. The number of unbranched alkanes of at least 4 members (excludes halogenated alkanes) is 4. The fourth-order valence-corrected chi connectivity index (χ4v) is 1.95. The molecule has 2 atom stereocenters. The number of nitrogens with zero attached hydrogens (tertiary/aromatic N) is 1. The molecular weight excluding hydrogens is 260 g/mol. The second kappa shape index (κ2) is 12.7. The van der Waals surface area contributed by atoms with Crippen molar-refractivity contribution in [1.29, 1.82) is 0 Å². The molecule has 4 heteroatoms. The molecule has 0 saturated heterocycles. The summed E-state index contributed by atoms with van der Waals surface area (Å²) in [6.07, 6.45) is 7.01. The van der Waals surface area contributed by atoms with Crippen LogP contribution in [0.3, 0.4) is 0 Å². The van der Waals surface area contributed by atoms with Crippen molar-refractivity contribution in [3.8, 4) is 0 Å². The van der Waals surface area contributed by atoms with Gasteiger partial charge in [-0.3, -0.25) is 4.79 Å². The number of hydrogen-bond donors (Lipinski definition) is 1. The van der Waals surface area contributed by atoms with E-state index in [1.165, 1.54) is 25.7 Å². The molecular formula is C15H33ClN2O. The van der Waals surface area contributed by atoms with Crippen LogP contribution in [0, 0.1) is 5.92 Å². The molecule has 0 aromatic rings. The molecule has 1 amide bonds. The van der Waals surface area contributed by atoms with Crippen molar-refractivity contribution in [2.24, 2.45) is 11.7 Å². The number of rotatable bonds is 10. The van der Waals surface area contributed by atoms with Crippen molar-refractivity contribution < 1.29 is 4.79 Å². The zero-order chi connectivity index (χ0) is 14.0. The molecule has 2 N–H and O–H groups in total. The molecule has 0 fully saturated rings. The lowest BCUT2D eigenvalue weighted by molar-refractivity contribution is -0.135. The average Bonchev–Trinajstić information content (AvgIpc) is 2.35. The van der Waals surface area contributed by atoms with Crippen molar-refractivity contribution in [3.05, 3.63) is 0 Å². The molecule has 0 aliphatic rings. The fourth-order valence-electron chi connectivity index (χ4n) is 1.95. The molecule has 0 aromatic heterocycles. The minimum absolute atomic E-state index is 0. The van der Waals surface area contributed by atoms with Gasteiger partial charge >= 0.3 is 0 Å². The van der Waals surface area contributed by atoms with Crippen LogP contribution in [0.1, 0.15) is 66.2 Å². The van der Waals surface area contributed by atoms with Crippen LogP contribution < -0.4 is 5.73 Å². The first-order valence-electron chi connectivity index (χ1n) is 7.58. The van der Waals surface area contributed by atoms with E-state index in [-0.39, 0.29) is 30.3 Å². The summed E-state index contributed by atoms with van der Waals surface area (Å²) in [7, 11) is 0. The van der Waals surface area contributed by atoms with E-state index in [4.69, 9.17) is 5.73 Å². The number of carbonyl (C=O) groups is 1. The van der Waals surface area contributed by atoms with Gasteiger partial charge in [0.05, 0.1) is 5.92 Å². The first kappa shape index (κ1) is 21.0. The zero-order valence-corrected chi connectivity index (χ0v) is 14.0. The van der Waals surface area contributed by atoms with E-state index in [2.05, 4.69) is 13.8 Å². The van der Waals surface area contributed by atoms with Crippen LogP contribution in [-0.4, -0.2) is 29.9 Å². The first-order valence-corrected chi connectivity index (χ1v) is 7.58. The van der Waals surface area contributed by atoms with E-state index in [1.807, 2.05) is 18.7 Å².